The van der Waals surface area contributed by atoms with Crippen LogP contribution in [0.25, 0.3) is 0 Å². The van der Waals surface area contributed by atoms with Crippen molar-refractivity contribution in [1.82, 2.24) is 0 Å². The number of hydrogen-bond donors (Lipinski definition) is 0. The molecule has 0 spiro atoms. The van der Waals surface area contributed by atoms with E-state index in [0.717, 1.165) is 17.7 Å². The first-order valence-corrected chi connectivity index (χ1v) is 9.78. The van der Waals surface area contributed by atoms with Crippen LogP contribution < -0.4 is 4.90 Å². The first-order valence-electron chi connectivity index (χ1n) is 8.13. The summed E-state index contributed by atoms with van der Waals surface area (Å²) in [6.45, 7) is 2.75. The Kier molecular flexibility index (Phi) is 4.71. The van der Waals surface area contributed by atoms with Crippen LogP contribution in [0.15, 0.2) is 59.5 Å². The summed E-state index contributed by atoms with van der Waals surface area (Å²) >= 11 is 0. The molecule has 1 heterocycles. The standard InChI is InChI=1S/C19H21NO3S/c1-15-13-16-7-5-6-10-18(16)20(14-15)19(21)11-12-24(22,23)17-8-3-2-4-9-17/h2-10,15H,11-14H2,1H3. The maximum Gasteiger partial charge on any atom is 0.228 e. The van der Waals surface area contributed by atoms with Crippen molar-refractivity contribution in [2.24, 2.45) is 5.92 Å². The first kappa shape index (κ1) is 16.7. The van der Waals surface area contributed by atoms with E-state index in [1.54, 1.807) is 35.2 Å². The van der Waals surface area contributed by atoms with Gasteiger partial charge >= 0.3 is 0 Å². The SMILES string of the molecule is CC1Cc2ccccc2N(C(=O)CCS(=O)(=O)c2ccccc2)C1. The number of fused-ring (bicyclic) bond motifs is 1. The van der Waals surface area contributed by atoms with Crippen molar-refractivity contribution in [2.45, 2.75) is 24.7 Å². The Labute approximate surface area is 143 Å². The molecule has 0 fully saturated rings. The highest BCUT2D eigenvalue weighted by molar-refractivity contribution is 7.91. The van der Waals surface area contributed by atoms with Gasteiger partial charge in [0.15, 0.2) is 9.84 Å². The molecule has 1 amide bonds. The molecule has 0 aromatic heterocycles. The van der Waals surface area contributed by atoms with E-state index in [-0.39, 0.29) is 23.0 Å². The maximum atomic E-state index is 12.6. The number of carbonyl (C=O) groups is 1. The molecule has 1 aliphatic rings. The largest absolute Gasteiger partial charge is 0.312 e. The van der Waals surface area contributed by atoms with Crippen LogP contribution >= 0.6 is 0 Å². The van der Waals surface area contributed by atoms with Crippen molar-refractivity contribution in [2.75, 3.05) is 17.2 Å². The number of rotatable bonds is 4. The van der Waals surface area contributed by atoms with Gasteiger partial charge in [0, 0.05) is 18.7 Å². The molecule has 2 aromatic carbocycles. The zero-order valence-electron chi connectivity index (χ0n) is 13.7. The average molecular weight is 343 g/mol. The molecule has 0 saturated carbocycles. The van der Waals surface area contributed by atoms with Crippen LogP contribution in [0.5, 0.6) is 0 Å². The lowest BCUT2D eigenvalue weighted by Gasteiger charge is -2.33. The Hall–Kier alpha value is -2.14. The van der Waals surface area contributed by atoms with Crippen molar-refractivity contribution < 1.29 is 13.2 Å². The molecule has 0 aliphatic carbocycles. The molecule has 4 nitrogen and oxygen atoms in total. The molecule has 1 unspecified atom stereocenters. The molecular formula is C19H21NO3S. The Bertz CT molecular complexity index is 831. The number of anilines is 1. The molecule has 126 valence electrons. The number of carbonyl (C=O) groups excluding carboxylic acids is 1. The number of nitrogens with zero attached hydrogens (tertiary/aromatic N) is 1. The summed E-state index contributed by atoms with van der Waals surface area (Å²) in [5.74, 6) is 0.0752. The van der Waals surface area contributed by atoms with E-state index in [0.29, 0.717) is 12.5 Å². The fraction of sp³-hybridized carbons (Fsp3) is 0.316. The van der Waals surface area contributed by atoms with Crippen LogP contribution in [0.3, 0.4) is 0 Å². The second kappa shape index (κ2) is 6.77. The topological polar surface area (TPSA) is 54.5 Å². The van der Waals surface area contributed by atoms with Gasteiger partial charge in [-0.15, -0.1) is 0 Å². The van der Waals surface area contributed by atoms with E-state index in [1.165, 1.54) is 0 Å². The van der Waals surface area contributed by atoms with Gasteiger partial charge in [-0.3, -0.25) is 4.79 Å². The third-order valence-electron chi connectivity index (χ3n) is 4.33. The van der Waals surface area contributed by atoms with Crippen LogP contribution in [0.4, 0.5) is 5.69 Å². The van der Waals surface area contributed by atoms with Gasteiger partial charge in [-0.25, -0.2) is 8.42 Å². The van der Waals surface area contributed by atoms with Crippen LogP contribution in [0.1, 0.15) is 18.9 Å². The molecule has 1 atom stereocenters. The highest BCUT2D eigenvalue weighted by Gasteiger charge is 2.27. The van der Waals surface area contributed by atoms with Crippen molar-refractivity contribution in [3.05, 3.63) is 60.2 Å². The normalized spacial score (nSPS) is 17.4. The van der Waals surface area contributed by atoms with Crippen molar-refractivity contribution >= 4 is 21.4 Å². The van der Waals surface area contributed by atoms with E-state index in [9.17, 15) is 13.2 Å². The highest BCUT2D eigenvalue weighted by atomic mass is 32.2. The molecule has 24 heavy (non-hydrogen) atoms. The highest BCUT2D eigenvalue weighted by Crippen LogP contribution is 2.30. The summed E-state index contributed by atoms with van der Waals surface area (Å²) in [6, 6.07) is 16.1. The first-order chi connectivity index (χ1) is 11.5. The molecule has 0 N–H and O–H groups in total. The summed E-state index contributed by atoms with van der Waals surface area (Å²) in [5.41, 5.74) is 2.06. The molecule has 0 bridgehead atoms. The molecule has 3 rings (SSSR count). The minimum absolute atomic E-state index is 0.00170. The summed E-state index contributed by atoms with van der Waals surface area (Å²) in [4.78, 5) is 14.7. The van der Waals surface area contributed by atoms with E-state index in [2.05, 4.69) is 6.92 Å². The van der Waals surface area contributed by atoms with Gasteiger partial charge in [-0.2, -0.15) is 0 Å². The summed E-state index contributed by atoms with van der Waals surface area (Å²) in [7, 11) is -3.43. The number of benzene rings is 2. The van der Waals surface area contributed by atoms with Crippen LogP contribution in [0, 0.1) is 5.92 Å². The third-order valence-corrected chi connectivity index (χ3v) is 6.07. The van der Waals surface area contributed by atoms with Gasteiger partial charge in [-0.05, 0) is 36.1 Å². The number of amides is 1. The molecule has 1 aliphatic heterocycles. The fourth-order valence-corrected chi connectivity index (χ4v) is 4.39. The lowest BCUT2D eigenvalue weighted by Crippen LogP contribution is -2.39. The second-order valence-electron chi connectivity index (χ2n) is 6.32. The van der Waals surface area contributed by atoms with Crippen molar-refractivity contribution in [1.29, 1.82) is 0 Å². The minimum Gasteiger partial charge on any atom is -0.312 e. The predicted octanol–water partition coefficient (Wildman–Crippen LogP) is 3.08. The van der Waals surface area contributed by atoms with Gasteiger partial charge in [0.05, 0.1) is 10.6 Å². The van der Waals surface area contributed by atoms with E-state index in [1.807, 2.05) is 24.3 Å². The monoisotopic (exact) mass is 343 g/mol. The zero-order valence-corrected chi connectivity index (χ0v) is 14.5. The quantitative estimate of drug-likeness (QED) is 0.857. The summed E-state index contributed by atoms with van der Waals surface area (Å²) in [6.07, 6.45) is 0.945. The van der Waals surface area contributed by atoms with E-state index < -0.39 is 9.84 Å². The smallest absolute Gasteiger partial charge is 0.228 e. The van der Waals surface area contributed by atoms with E-state index >= 15 is 0 Å². The molecular weight excluding hydrogens is 322 g/mol. The molecule has 0 radical (unpaired) electrons. The number of para-hydroxylation sites is 1. The summed E-state index contributed by atoms with van der Waals surface area (Å²) < 4.78 is 24.7. The van der Waals surface area contributed by atoms with Gasteiger partial charge in [0.25, 0.3) is 0 Å². The molecule has 2 aromatic rings. The lowest BCUT2D eigenvalue weighted by atomic mass is 9.94. The van der Waals surface area contributed by atoms with Gasteiger partial charge in [-0.1, -0.05) is 43.3 Å². The minimum atomic E-state index is -3.43. The predicted molar refractivity (Wildman–Crippen MR) is 94.8 cm³/mol. The lowest BCUT2D eigenvalue weighted by molar-refractivity contribution is -0.118. The molecule has 0 saturated heterocycles. The second-order valence-corrected chi connectivity index (χ2v) is 8.43. The van der Waals surface area contributed by atoms with Crippen molar-refractivity contribution in [3.63, 3.8) is 0 Å². The Balaban J connectivity index is 1.74. The zero-order chi connectivity index (χ0) is 17.2. The van der Waals surface area contributed by atoms with Gasteiger partial charge in [0.2, 0.25) is 5.91 Å². The maximum absolute atomic E-state index is 12.6. The fourth-order valence-electron chi connectivity index (χ4n) is 3.14. The Morgan fingerprint density at radius 1 is 1.08 bits per heavy atom. The van der Waals surface area contributed by atoms with Crippen LogP contribution in [0.2, 0.25) is 0 Å². The third kappa shape index (κ3) is 3.51. The Morgan fingerprint density at radius 3 is 2.50 bits per heavy atom. The van der Waals surface area contributed by atoms with Crippen molar-refractivity contribution in [3.8, 4) is 0 Å². The summed E-state index contributed by atoms with van der Waals surface area (Å²) in [5, 5.41) is 0. The number of sulfone groups is 1. The molecule has 5 heteroatoms. The van der Waals surface area contributed by atoms with Gasteiger partial charge < -0.3 is 4.90 Å². The van der Waals surface area contributed by atoms with E-state index in [4.69, 9.17) is 0 Å². The number of hydrogen-bond acceptors (Lipinski definition) is 3. The average Bonchev–Trinajstić information content (AvgIpc) is 2.59. The van der Waals surface area contributed by atoms with Gasteiger partial charge in [0.1, 0.15) is 0 Å². The Morgan fingerprint density at radius 2 is 1.75 bits per heavy atom. The van der Waals surface area contributed by atoms with Crippen LogP contribution in [-0.2, 0) is 21.1 Å². The van der Waals surface area contributed by atoms with Crippen LogP contribution in [-0.4, -0.2) is 26.6 Å².